The summed E-state index contributed by atoms with van der Waals surface area (Å²) in [6.45, 7) is 0.748. The number of pyridine rings is 1. The van der Waals surface area contributed by atoms with Crippen LogP contribution in [0.4, 0.5) is 0 Å². The molecule has 0 aliphatic carbocycles. The van der Waals surface area contributed by atoms with Crippen molar-refractivity contribution in [2.75, 3.05) is 19.1 Å². The van der Waals surface area contributed by atoms with Crippen LogP contribution in [0.1, 0.15) is 50.5 Å². The van der Waals surface area contributed by atoms with Crippen LogP contribution in [0.2, 0.25) is 0 Å². The molecule has 1 aromatic heterocycles. The van der Waals surface area contributed by atoms with E-state index in [0.717, 1.165) is 32.2 Å². The summed E-state index contributed by atoms with van der Waals surface area (Å²) in [5.74, 6) is -0.0800. The molecule has 23 heavy (non-hydrogen) atoms. The Bertz CT molecular complexity index is 497. The van der Waals surface area contributed by atoms with Crippen molar-refractivity contribution in [3.05, 3.63) is 42.2 Å². The molecule has 0 radical (unpaired) electrons. The zero-order valence-electron chi connectivity index (χ0n) is 14.2. The van der Waals surface area contributed by atoms with Crippen molar-refractivity contribution in [1.82, 2.24) is 0 Å². The van der Waals surface area contributed by atoms with Crippen LogP contribution in [0, 0.1) is 5.92 Å². The van der Waals surface area contributed by atoms with Crippen molar-refractivity contribution in [2.24, 2.45) is 5.92 Å². The molecule has 1 unspecified atom stereocenters. The molecular formula is C19H29N2O2+. The van der Waals surface area contributed by atoms with Crippen LogP contribution in [0.3, 0.4) is 0 Å². The van der Waals surface area contributed by atoms with Crippen LogP contribution in [0.5, 0.6) is 0 Å². The van der Waals surface area contributed by atoms with Gasteiger partial charge in [0.05, 0.1) is 19.6 Å². The highest BCUT2D eigenvalue weighted by molar-refractivity contribution is 5.72. The normalized spacial score (nSPS) is 21.9. The zero-order chi connectivity index (χ0) is 16.3. The molecule has 1 aromatic rings. The summed E-state index contributed by atoms with van der Waals surface area (Å²) in [6.07, 6.45) is 17.2. The van der Waals surface area contributed by atoms with Crippen LogP contribution in [0.25, 0.3) is 0 Å². The lowest BCUT2D eigenvalue weighted by molar-refractivity contribution is -0.649. The van der Waals surface area contributed by atoms with Gasteiger partial charge in [-0.1, -0.05) is 42.5 Å². The number of nitrogens with one attached hydrogen (secondary N) is 1. The molecule has 1 N–H and O–H groups in total. The van der Waals surface area contributed by atoms with E-state index in [1.165, 1.54) is 38.4 Å². The van der Waals surface area contributed by atoms with Crippen molar-refractivity contribution < 1.29 is 14.2 Å². The number of hydrogen-bond acceptors (Lipinski definition) is 3. The fourth-order valence-electron chi connectivity index (χ4n) is 2.98. The molecule has 0 amide bonds. The Morgan fingerprint density at radius 1 is 1.13 bits per heavy atom. The maximum Gasteiger partial charge on any atom is 0.308 e. The van der Waals surface area contributed by atoms with E-state index in [1.807, 2.05) is 4.68 Å². The van der Waals surface area contributed by atoms with Crippen molar-refractivity contribution in [3.63, 3.8) is 0 Å². The topological polar surface area (TPSA) is 42.2 Å². The van der Waals surface area contributed by atoms with Gasteiger partial charge in [0.15, 0.2) is 12.4 Å². The van der Waals surface area contributed by atoms with E-state index in [2.05, 4.69) is 42.1 Å². The van der Waals surface area contributed by atoms with Gasteiger partial charge >= 0.3 is 5.97 Å². The van der Waals surface area contributed by atoms with Gasteiger partial charge < -0.3 is 4.74 Å². The molecule has 3 rings (SSSR count). The molecule has 0 spiro atoms. The summed E-state index contributed by atoms with van der Waals surface area (Å²) in [5.41, 5.74) is 4.70. The predicted octanol–water partition coefficient (Wildman–Crippen LogP) is 3.15. The summed E-state index contributed by atoms with van der Waals surface area (Å²) in [5, 5.41) is 0. The number of allylic oxidation sites excluding steroid dienone is 1. The van der Waals surface area contributed by atoms with E-state index >= 15 is 0 Å². The standard InChI is InChI=1S/C19H29N2O2/c1-23-19(22)18-10-6-4-2-3-5-9-17-12-15-21(16-13-17)20-14-8-7-11-18/h7-8,12-13,15-16,18,20H,2-6,9-11,14H2,1H3/q+1/b8-7-. The molecule has 4 heteroatoms. The largest absolute Gasteiger partial charge is 0.469 e. The fraction of sp³-hybridized carbons (Fsp3) is 0.579. The molecule has 4 nitrogen and oxygen atoms in total. The molecule has 3 heterocycles. The van der Waals surface area contributed by atoms with Crippen LogP contribution in [-0.2, 0) is 16.0 Å². The van der Waals surface area contributed by atoms with Gasteiger partial charge in [0.2, 0.25) is 0 Å². The Labute approximate surface area is 139 Å². The van der Waals surface area contributed by atoms with Gasteiger partial charge in [-0.25, -0.2) is 0 Å². The van der Waals surface area contributed by atoms with Gasteiger partial charge in [-0.15, -0.1) is 0 Å². The minimum atomic E-state index is -0.0785. The smallest absolute Gasteiger partial charge is 0.308 e. The Balaban J connectivity index is 1.95. The Kier molecular flexibility index (Phi) is 7.64. The van der Waals surface area contributed by atoms with Crippen LogP contribution < -0.4 is 10.1 Å². The highest BCUT2D eigenvalue weighted by Crippen LogP contribution is 2.17. The fourth-order valence-corrected chi connectivity index (χ4v) is 2.98. The van der Waals surface area contributed by atoms with E-state index in [9.17, 15) is 4.79 Å². The number of esters is 1. The van der Waals surface area contributed by atoms with Gasteiger partial charge in [-0.3, -0.25) is 4.79 Å². The number of fused-ring (bicyclic) bond motifs is 13. The Morgan fingerprint density at radius 2 is 1.87 bits per heavy atom. The van der Waals surface area contributed by atoms with E-state index in [-0.39, 0.29) is 11.9 Å². The molecule has 0 aromatic carbocycles. The summed E-state index contributed by atoms with van der Waals surface area (Å²) in [7, 11) is 1.48. The molecule has 126 valence electrons. The molecule has 0 saturated heterocycles. The van der Waals surface area contributed by atoms with Crippen molar-refractivity contribution in [1.29, 1.82) is 0 Å². The SMILES string of the molecule is COC(=O)C1C/C=C\CN[n+]2ccc(cc2)CCCCCCC1. The lowest BCUT2D eigenvalue weighted by atomic mass is 9.96. The summed E-state index contributed by atoms with van der Waals surface area (Å²) in [6, 6.07) is 4.37. The number of ether oxygens (including phenoxy) is 1. The Morgan fingerprint density at radius 3 is 2.65 bits per heavy atom. The number of aryl methyl sites for hydroxylation is 1. The van der Waals surface area contributed by atoms with Gasteiger partial charge in [-0.05, 0) is 31.2 Å². The maximum atomic E-state index is 11.9. The molecule has 1 atom stereocenters. The van der Waals surface area contributed by atoms with Crippen LogP contribution in [-0.4, -0.2) is 19.6 Å². The summed E-state index contributed by atoms with van der Waals surface area (Å²) in [4.78, 5) is 11.9. The van der Waals surface area contributed by atoms with Gasteiger partial charge in [0.1, 0.15) is 0 Å². The second kappa shape index (κ2) is 10.0. The first-order valence-electron chi connectivity index (χ1n) is 8.76. The average Bonchev–Trinajstić information content (AvgIpc) is 2.59. The number of methoxy groups -OCH3 is 1. The van der Waals surface area contributed by atoms with E-state index in [4.69, 9.17) is 4.74 Å². The van der Waals surface area contributed by atoms with Gasteiger partial charge in [0, 0.05) is 12.1 Å². The highest BCUT2D eigenvalue weighted by Gasteiger charge is 2.17. The molecule has 2 aliphatic rings. The third-order valence-corrected chi connectivity index (χ3v) is 4.43. The lowest BCUT2D eigenvalue weighted by Crippen LogP contribution is -2.44. The number of aromatic nitrogens is 1. The first-order valence-corrected chi connectivity index (χ1v) is 8.76. The van der Waals surface area contributed by atoms with Crippen molar-refractivity contribution >= 4 is 5.97 Å². The van der Waals surface area contributed by atoms with E-state index < -0.39 is 0 Å². The third kappa shape index (κ3) is 6.43. The van der Waals surface area contributed by atoms with Gasteiger partial charge in [0.25, 0.3) is 0 Å². The van der Waals surface area contributed by atoms with E-state index in [1.54, 1.807) is 0 Å². The quantitative estimate of drug-likeness (QED) is 0.491. The monoisotopic (exact) mass is 317 g/mol. The molecule has 2 aliphatic heterocycles. The van der Waals surface area contributed by atoms with Gasteiger partial charge in [-0.2, -0.15) is 5.43 Å². The molecule has 2 bridgehead atoms. The third-order valence-electron chi connectivity index (χ3n) is 4.43. The number of hydrogen-bond donors (Lipinski definition) is 1. The van der Waals surface area contributed by atoms with Crippen LogP contribution >= 0.6 is 0 Å². The number of nitrogens with zero attached hydrogens (tertiary/aromatic N) is 1. The first kappa shape index (κ1) is 17.5. The second-order valence-corrected chi connectivity index (χ2v) is 6.21. The second-order valence-electron chi connectivity index (χ2n) is 6.21. The molecule has 0 saturated carbocycles. The van der Waals surface area contributed by atoms with Crippen molar-refractivity contribution in [3.8, 4) is 0 Å². The summed E-state index contributed by atoms with van der Waals surface area (Å²) < 4.78 is 6.91. The van der Waals surface area contributed by atoms with Crippen molar-refractivity contribution in [2.45, 2.75) is 51.4 Å². The average molecular weight is 317 g/mol. The Hall–Kier alpha value is -1.84. The van der Waals surface area contributed by atoms with E-state index in [0.29, 0.717) is 0 Å². The summed E-state index contributed by atoms with van der Waals surface area (Å²) >= 11 is 0. The molecule has 0 fully saturated rings. The van der Waals surface area contributed by atoms with Crippen LogP contribution in [0.15, 0.2) is 36.7 Å². The minimum absolute atomic E-state index is 0.00144. The number of rotatable bonds is 1. The maximum absolute atomic E-state index is 11.9. The highest BCUT2D eigenvalue weighted by atomic mass is 16.5. The minimum Gasteiger partial charge on any atom is -0.469 e. The zero-order valence-corrected chi connectivity index (χ0v) is 14.2. The lowest BCUT2D eigenvalue weighted by Gasteiger charge is -2.12. The number of carbonyl (C=O) groups is 1. The predicted molar refractivity (Wildman–Crippen MR) is 91.5 cm³/mol. The number of carbonyl (C=O) groups excluding carboxylic acids is 1. The molecular weight excluding hydrogens is 288 g/mol. The first-order chi connectivity index (χ1) is 11.3.